The molecular weight excluding hydrogens is 400 g/mol. The maximum absolute atomic E-state index is 12.8. The summed E-state index contributed by atoms with van der Waals surface area (Å²) >= 11 is 1.11. The molecule has 30 heavy (non-hydrogen) atoms. The van der Waals surface area contributed by atoms with Crippen molar-refractivity contribution in [2.45, 2.75) is 26.8 Å². The molecule has 1 aromatic heterocycles. The molecule has 0 aliphatic heterocycles. The van der Waals surface area contributed by atoms with Crippen molar-refractivity contribution in [1.82, 2.24) is 4.98 Å². The van der Waals surface area contributed by atoms with Crippen LogP contribution in [0.25, 0.3) is 0 Å². The maximum atomic E-state index is 12.8. The van der Waals surface area contributed by atoms with Crippen molar-refractivity contribution in [2.75, 3.05) is 17.2 Å². The van der Waals surface area contributed by atoms with E-state index in [0.717, 1.165) is 11.3 Å². The summed E-state index contributed by atoms with van der Waals surface area (Å²) in [6.07, 6.45) is 5.09. The van der Waals surface area contributed by atoms with Gasteiger partial charge >= 0.3 is 0 Å². The highest BCUT2D eigenvalue weighted by atomic mass is 32.1. The van der Waals surface area contributed by atoms with Gasteiger partial charge in [0.1, 0.15) is 22.5 Å². The van der Waals surface area contributed by atoms with E-state index in [-0.39, 0.29) is 11.6 Å². The van der Waals surface area contributed by atoms with E-state index in [1.807, 2.05) is 13.0 Å². The fraction of sp³-hybridized carbons (Fsp3) is 0.227. The molecule has 0 saturated heterocycles. The number of hydrogen-bond donors (Lipinski definition) is 2. The number of allylic oxidation sites excluding steroid dienone is 4. The number of anilines is 2. The number of carbonyl (C=O) groups excluding carboxylic acids is 2. The van der Waals surface area contributed by atoms with Crippen LogP contribution in [-0.2, 0) is 9.53 Å². The van der Waals surface area contributed by atoms with Crippen LogP contribution < -0.4 is 16.4 Å². The zero-order valence-corrected chi connectivity index (χ0v) is 18.1. The molecule has 1 atom stereocenters. The SMILES string of the molecule is C=C/C(=C\C=C(/C)N(c1nc(N)c(C(=O)c2ccccc2)s1)C(C)C(N)=O)OCC. The molecule has 0 aliphatic rings. The van der Waals surface area contributed by atoms with Gasteiger partial charge in [0.25, 0.3) is 0 Å². The first-order chi connectivity index (χ1) is 14.3. The van der Waals surface area contributed by atoms with Crippen LogP contribution in [0.4, 0.5) is 10.9 Å². The van der Waals surface area contributed by atoms with Gasteiger partial charge in [-0.05, 0) is 39.0 Å². The number of rotatable bonds is 10. The van der Waals surface area contributed by atoms with Crippen molar-refractivity contribution in [3.05, 3.63) is 77.0 Å². The molecule has 2 rings (SSSR count). The molecule has 7 nitrogen and oxygen atoms in total. The first-order valence-corrected chi connectivity index (χ1v) is 10.2. The molecule has 0 spiro atoms. The summed E-state index contributed by atoms with van der Waals surface area (Å²) in [7, 11) is 0. The first kappa shape index (κ1) is 22.9. The number of benzene rings is 1. The summed E-state index contributed by atoms with van der Waals surface area (Å²) in [4.78, 5) is 31.1. The van der Waals surface area contributed by atoms with E-state index >= 15 is 0 Å². The number of nitrogens with two attached hydrogens (primary N) is 2. The standard InChI is InChI=1S/C22H26N4O3S/c1-5-17(29-6-2)13-12-14(3)26(15(4)21(24)28)22-25-20(23)19(30-22)18(27)16-10-8-7-9-11-16/h5,7-13,15H,1,6,23H2,2-4H3,(H2,24,28)/b14-12+,17-13+. The lowest BCUT2D eigenvalue weighted by molar-refractivity contribution is -0.118. The summed E-state index contributed by atoms with van der Waals surface area (Å²) < 4.78 is 5.45. The van der Waals surface area contributed by atoms with Gasteiger partial charge in [-0.3, -0.25) is 9.59 Å². The van der Waals surface area contributed by atoms with Crippen LogP contribution in [0.1, 0.15) is 36.0 Å². The van der Waals surface area contributed by atoms with E-state index in [0.29, 0.717) is 33.6 Å². The molecular formula is C22H26N4O3S. The van der Waals surface area contributed by atoms with Gasteiger partial charge in [0.05, 0.1) is 6.61 Å². The summed E-state index contributed by atoms with van der Waals surface area (Å²) in [6, 6.07) is 8.11. The van der Waals surface area contributed by atoms with E-state index in [1.54, 1.807) is 61.2 Å². The van der Waals surface area contributed by atoms with Crippen molar-refractivity contribution in [1.29, 1.82) is 0 Å². The van der Waals surface area contributed by atoms with E-state index in [1.165, 1.54) is 0 Å². The van der Waals surface area contributed by atoms with Crippen molar-refractivity contribution in [3.8, 4) is 0 Å². The van der Waals surface area contributed by atoms with Gasteiger partial charge in [0.2, 0.25) is 11.7 Å². The van der Waals surface area contributed by atoms with Crippen molar-refractivity contribution >= 4 is 34.0 Å². The minimum Gasteiger partial charge on any atom is -0.494 e. The van der Waals surface area contributed by atoms with Gasteiger partial charge in [-0.1, -0.05) is 48.2 Å². The molecule has 2 aromatic rings. The summed E-state index contributed by atoms with van der Waals surface area (Å²) in [5.41, 5.74) is 12.8. The minimum atomic E-state index is -0.709. The predicted molar refractivity (Wildman–Crippen MR) is 121 cm³/mol. The lowest BCUT2D eigenvalue weighted by Gasteiger charge is -2.27. The third-order valence-corrected chi connectivity index (χ3v) is 5.34. The van der Waals surface area contributed by atoms with Gasteiger partial charge in [-0.15, -0.1) is 0 Å². The highest BCUT2D eigenvalue weighted by molar-refractivity contribution is 7.18. The van der Waals surface area contributed by atoms with E-state index in [2.05, 4.69) is 11.6 Å². The van der Waals surface area contributed by atoms with Gasteiger partial charge < -0.3 is 21.1 Å². The summed E-state index contributed by atoms with van der Waals surface area (Å²) in [6.45, 7) is 9.55. The average molecular weight is 427 g/mol. The summed E-state index contributed by atoms with van der Waals surface area (Å²) in [5.74, 6) is -0.0716. The Bertz CT molecular complexity index is 980. The highest BCUT2D eigenvalue weighted by Gasteiger charge is 2.27. The Hall–Kier alpha value is -3.39. The second-order valence-corrected chi connectivity index (χ2v) is 7.35. The zero-order chi connectivity index (χ0) is 22.3. The Balaban J connectivity index is 2.47. The lowest BCUT2D eigenvalue weighted by atomic mass is 10.1. The van der Waals surface area contributed by atoms with Crippen LogP contribution in [0.5, 0.6) is 0 Å². The van der Waals surface area contributed by atoms with Crippen LogP contribution in [0.3, 0.4) is 0 Å². The van der Waals surface area contributed by atoms with E-state index in [9.17, 15) is 9.59 Å². The minimum absolute atomic E-state index is 0.106. The normalized spacial score (nSPS) is 12.9. The van der Waals surface area contributed by atoms with Gasteiger partial charge in [0.15, 0.2) is 5.13 Å². The third-order valence-electron chi connectivity index (χ3n) is 4.27. The number of nitrogen functional groups attached to an aromatic ring is 1. The molecule has 8 heteroatoms. The number of carbonyl (C=O) groups is 2. The monoisotopic (exact) mass is 426 g/mol. The Morgan fingerprint density at radius 3 is 2.53 bits per heavy atom. The Morgan fingerprint density at radius 1 is 1.30 bits per heavy atom. The maximum Gasteiger partial charge on any atom is 0.240 e. The fourth-order valence-electron chi connectivity index (χ4n) is 2.68. The van der Waals surface area contributed by atoms with Crippen LogP contribution in [0, 0.1) is 0 Å². The molecule has 1 aromatic carbocycles. The number of ether oxygens (including phenoxy) is 1. The van der Waals surface area contributed by atoms with Crippen molar-refractivity contribution in [2.24, 2.45) is 5.73 Å². The number of primary amides is 1. The number of ketones is 1. The quantitative estimate of drug-likeness (QED) is 0.341. The van der Waals surface area contributed by atoms with Crippen LogP contribution >= 0.6 is 11.3 Å². The number of aromatic nitrogens is 1. The molecule has 0 radical (unpaired) electrons. The van der Waals surface area contributed by atoms with E-state index < -0.39 is 11.9 Å². The van der Waals surface area contributed by atoms with Crippen LogP contribution in [0.2, 0.25) is 0 Å². The van der Waals surface area contributed by atoms with Gasteiger partial charge in [-0.25, -0.2) is 4.98 Å². The Kier molecular flexibility index (Phi) is 7.94. The van der Waals surface area contributed by atoms with Gasteiger partial charge in [-0.2, -0.15) is 0 Å². The number of thiazole rings is 1. The zero-order valence-electron chi connectivity index (χ0n) is 17.3. The topological polar surface area (TPSA) is 112 Å². The van der Waals surface area contributed by atoms with Crippen LogP contribution in [0.15, 0.2) is 66.6 Å². The Morgan fingerprint density at radius 2 is 1.97 bits per heavy atom. The third kappa shape index (κ3) is 5.36. The molecule has 1 unspecified atom stereocenters. The van der Waals surface area contributed by atoms with Crippen molar-refractivity contribution < 1.29 is 14.3 Å². The Labute approximate surface area is 180 Å². The second kappa shape index (κ2) is 10.4. The lowest BCUT2D eigenvalue weighted by Crippen LogP contribution is -2.41. The largest absolute Gasteiger partial charge is 0.494 e. The second-order valence-electron chi connectivity index (χ2n) is 6.37. The van der Waals surface area contributed by atoms with Crippen LogP contribution in [-0.4, -0.2) is 29.3 Å². The highest BCUT2D eigenvalue weighted by Crippen LogP contribution is 2.33. The predicted octanol–water partition coefficient (Wildman–Crippen LogP) is 3.65. The number of nitrogens with zero attached hydrogens (tertiary/aromatic N) is 2. The summed E-state index contributed by atoms with van der Waals surface area (Å²) in [5, 5.41) is 0.400. The van der Waals surface area contributed by atoms with E-state index in [4.69, 9.17) is 16.2 Å². The number of hydrogen-bond acceptors (Lipinski definition) is 7. The fourth-order valence-corrected chi connectivity index (χ4v) is 3.77. The molecule has 0 saturated carbocycles. The average Bonchev–Trinajstić information content (AvgIpc) is 3.12. The number of amides is 1. The van der Waals surface area contributed by atoms with Gasteiger partial charge in [0, 0.05) is 11.3 Å². The molecule has 0 aliphatic carbocycles. The van der Waals surface area contributed by atoms with Crippen molar-refractivity contribution in [3.63, 3.8) is 0 Å². The molecule has 4 N–H and O–H groups in total. The smallest absolute Gasteiger partial charge is 0.240 e. The first-order valence-electron chi connectivity index (χ1n) is 9.38. The molecule has 1 heterocycles. The molecule has 0 fully saturated rings. The molecule has 158 valence electrons. The molecule has 1 amide bonds. The molecule has 0 bridgehead atoms.